The predicted octanol–water partition coefficient (Wildman–Crippen LogP) is 19.5. The first-order chi connectivity index (χ1) is 37.1. The molecule has 2 aromatic heterocycles. The average Bonchev–Trinajstić information content (AvgIpc) is 3.83. The summed E-state index contributed by atoms with van der Waals surface area (Å²) in [6.45, 7) is 0. The third-order valence-corrected chi connectivity index (χ3v) is 15.2. The number of fused-ring (bicyclic) bond motifs is 8. The molecule has 0 radical (unpaired) electrons. The van der Waals surface area contributed by atoms with E-state index in [0.29, 0.717) is 0 Å². The summed E-state index contributed by atoms with van der Waals surface area (Å²) < 4.78 is 2.43. The van der Waals surface area contributed by atoms with Gasteiger partial charge < -0.3 is 9.47 Å². The molecule has 0 aliphatic heterocycles. The van der Waals surface area contributed by atoms with Crippen molar-refractivity contribution in [2.75, 3.05) is 4.90 Å². The lowest BCUT2D eigenvalue weighted by atomic mass is 9.89. The van der Waals surface area contributed by atoms with E-state index in [1.165, 1.54) is 76.7 Å². The Morgan fingerprint density at radius 2 is 1.00 bits per heavy atom. The van der Waals surface area contributed by atoms with Gasteiger partial charge in [-0.15, -0.1) is 0 Å². The quantitative estimate of drug-likeness (QED) is 0.134. The van der Waals surface area contributed by atoms with Gasteiger partial charge in [0.05, 0.1) is 11.0 Å². The summed E-state index contributed by atoms with van der Waals surface area (Å²) in [5.41, 5.74) is 19.0. The summed E-state index contributed by atoms with van der Waals surface area (Å²) in [6.07, 6.45) is 16.0. The maximum Gasteiger partial charge on any atom is 0.0547 e. The van der Waals surface area contributed by atoms with E-state index in [-0.39, 0.29) is 0 Å². The molecule has 354 valence electrons. The maximum absolute atomic E-state index is 4.40. The van der Waals surface area contributed by atoms with E-state index in [0.717, 1.165) is 75.0 Å². The summed E-state index contributed by atoms with van der Waals surface area (Å²) in [5.74, 6) is 0. The van der Waals surface area contributed by atoms with Gasteiger partial charge in [-0.3, -0.25) is 4.98 Å². The standard InChI is InChI=1S/C72H51N3/c1-2-6-16-52-39-49(25-26-50(52)15-5-1)40-61-41-56-17-11-12-22-66(56)67-35-30-53(46-70(61)67)59-42-58(51-27-32-64(33-28-51)74(62-18-7-3-8-19-62)63-20-9-4-10-21-63)43-60(44-59)54-31-36-69-68-23-13-14-24-71(68)75(72(69)47-54)65-34-29-57-48-73-38-37-55(57)45-65/h3-39,41-48H,1-2,40H2. The van der Waals surface area contributed by atoms with E-state index in [9.17, 15) is 0 Å². The maximum atomic E-state index is 4.40. The second-order valence-corrected chi connectivity index (χ2v) is 19.9. The molecule has 0 fully saturated rings. The first kappa shape index (κ1) is 44.2. The summed E-state index contributed by atoms with van der Waals surface area (Å²) in [4.78, 5) is 6.72. The van der Waals surface area contributed by atoms with Crippen LogP contribution in [-0.4, -0.2) is 9.55 Å². The van der Waals surface area contributed by atoms with Crippen molar-refractivity contribution in [3.8, 4) is 39.1 Å². The second-order valence-electron chi connectivity index (χ2n) is 19.9. The molecule has 75 heavy (non-hydrogen) atoms. The van der Waals surface area contributed by atoms with Crippen molar-refractivity contribution in [2.45, 2.75) is 19.3 Å². The zero-order valence-electron chi connectivity index (χ0n) is 41.4. The Balaban J connectivity index is 0.943. The summed E-state index contributed by atoms with van der Waals surface area (Å²) in [5, 5.41) is 9.85. The highest BCUT2D eigenvalue weighted by Crippen LogP contribution is 2.42. The Bertz CT molecular complexity index is 4330. The van der Waals surface area contributed by atoms with Gasteiger partial charge >= 0.3 is 0 Å². The Morgan fingerprint density at radius 3 is 1.77 bits per heavy atom. The molecule has 1 aliphatic carbocycles. The summed E-state index contributed by atoms with van der Waals surface area (Å²) >= 11 is 0. The fourth-order valence-electron chi connectivity index (χ4n) is 11.5. The zero-order valence-corrected chi connectivity index (χ0v) is 41.4. The summed E-state index contributed by atoms with van der Waals surface area (Å²) in [7, 11) is 0. The normalized spacial score (nSPS) is 12.4. The number of para-hydroxylation sites is 3. The largest absolute Gasteiger partial charge is 0.311 e. The van der Waals surface area contributed by atoms with Gasteiger partial charge in [-0.1, -0.05) is 170 Å². The highest BCUT2D eigenvalue weighted by Gasteiger charge is 2.18. The second kappa shape index (κ2) is 18.8. The minimum absolute atomic E-state index is 0.832. The topological polar surface area (TPSA) is 21.1 Å². The van der Waals surface area contributed by atoms with Gasteiger partial charge in [-0.25, -0.2) is 0 Å². The van der Waals surface area contributed by atoms with Crippen LogP contribution in [0.3, 0.4) is 0 Å². The molecule has 0 atom stereocenters. The van der Waals surface area contributed by atoms with Crippen LogP contribution >= 0.6 is 0 Å². The number of pyridine rings is 1. The molecule has 2 heterocycles. The average molecular weight is 958 g/mol. The van der Waals surface area contributed by atoms with Crippen molar-refractivity contribution < 1.29 is 0 Å². The van der Waals surface area contributed by atoms with Gasteiger partial charge in [0.1, 0.15) is 0 Å². The lowest BCUT2D eigenvalue weighted by Crippen LogP contribution is -2.09. The smallest absolute Gasteiger partial charge is 0.0547 e. The third kappa shape index (κ3) is 8.25. The molecule has 0 unspecified atom stereocenters. The van der Waals surface area contributed by atoms with E-state index in [2.05, 4.69) is 275 Å². The molecule has 11 aromatic carbocycles. The van der Waals surface area contributed by atoms with Crippen LogP contribution in [-0.2, 0) is 6.42 Å². The lowest BCUT2D eigenvalue weighted by Gasteiger charge is -2.25. The highest BCUT2D eigenvalue weighted by molar-refractivity contribution is 6.12. The van der Waals surface area contributed by atoms with Gasteiger partial charge in [0.25, 0.3) is 0 Å². The van der Waals surface area contributed by atoms with Crippen LogP contribution < -0.4 is 4.90 Å². The first-order valence-electron chi connectivity index (χ1n) is 26.1. The van der Waals surface area contributed by atoms with Crippen molar-refractivity contribution in [2.24, 2.45) is 0 Å². The van der Waals surface area contributed by atoms with Crippen LogP contribution in [0.4, 0.5) is 17.1 Å². The number of anilines is 3. The van der Waals surface area contributed by atoms with Crippen LogP contribution in [0.25, 0.3) is 105 Å². The Morgan fingerprint density at radius 1 is 0.373 bits per heavy atom. The Kier molecular flexibility index (Phi) is 11.1. The number of aromatic nitrogens is 2. The van der Waals surface area contributed by atoms with E-state index in [1.807, 2.05) is 12.4 Å². The van der Waals surface area contributed by atoms with Crippen LogP contribution in [0, 0.1) is 0 Å². The van der Waals surface area contributed by atoms with E-state index in [4.69, 9.17) is 0 Å². The Hall–Kier alpha value is -9.57. The van der Waals surface area contributed by atoms with Crippen molar-refractivity contribution >= 4 is 83.3 Å². The van der Waals surface area contributed by atoms with Gasteiger partial charge in [-0.2, -0.15) is 0 Å². The van der Waals surface area contributed by atoms with Crippen molar-refractivity contribution in [1.82, 2.24) is 9.55 Å². The highest BCUT2D eigenvalue weighted by atomic mass is 15.1. The van der Waals surface area contributed by atoms with Gasteiger partial charge in [0, 0.05) is 51.3 Å². The van der Waals surface area contributed by atoms with E-state index in [1.54, 1.807) is 0 Å². The van der Waals surface area contributed by atoms with Crippen molar-refractivity contribution in [1.29, 1.82) is 0 Å². The molecule has 13 aromatic rings. The van der Waals surface area contributed by atoms with Gasteiger partial charge in [0.2, 0.25) is 0 Å². The molecule has 0 saturated carbocycles. The molecule has 1 aliphatic rings. The SMILES string of the molecule is C1=Cc2ccc(Cc3cc4ccccc4c4ccc(-c5cc(-c6ccc(N(c7ccccc7)c7ccccc7)cc6)cc(-c6ccc7c8ccccc8n(-c8ccc9cnccc9c8)c7c6)c5)cc34)cc2C=CCC1. The molecule has 0 spiro atoms. The molecule has 0 N–H and O–H groups in total. The molecular weight excluding hydrogens is 907 g/mol. The van der Waals surface area contributed by atoms with Crippen molar-refractivity contribution in [3.05, 3.63) is 283 Å². The number of hydrogen-bond acceptors (Lipinski definition) is 2. The number of nitrogens with zero attached hydrogens (tertiary/aromatic N) is 3. The summed E-state index contributed by atoms with van der Waals surface area (Å²) in [6, 6.07) is 87.5. The van der Waals surface area contributed by atoms with E-state index < -0.39 is 0 Å². The van der Waals surface area contributed by atoms with Gasteiger partial charge in [-0.05, 0) is 193 Å². The molecule has 0 amide bonds. The predicted molar refractivity (Wildman–Crippen MR) is 319 cm³/mol. The number of hydrogen-bond donors (Lipinski definition) is 0. The molecule has 3 nitrogen and oxygen atoms in total. The van der Waals surface area contributed by atoms with Crippen LogP contribution in [0.15, 0.2) is 261 Å². The first-order valence-corrected chi connectivity index (χ1v) is 26.1. The number of benzene rings is 11. The van der Waals surface area contributed by atoms with Crippen molar-refractivity contribution in [3.63, 3.8) is 0 Å². The third-order valence-electron chi connectivity index (χ3n) is 15.2. The number of allylic oxidation sites excluding steroid dienone is 2. The Labute approximate surface area is 437 Å². The lowest BCUT2D eigenvalue weighted by molar-refractivity contribution is 1.06. The number of rotatable bonds is 9. The van der Waals surface area contributed by atoms with E-state index >= 15 is 0 Å². The monoisotopic (exact) mass is 957 g/mol. The van der Waals surface area contributed by atoms with Crippen LogP contribution in [0.5, 0.6) is 0 Å². The molecule has 0 saturated heterocycles. The van der Waals surface area contributed by atoms with Crippen LogP contribution in [0.1, 0.15) is 35.1 Å². The molecule has 14 rings (SSSR count). The van der Waals surface area contributed by atoms with Crippen LogP contribution in [0.2, 0.25) is 0 Å². The zero-order chi connectivity index (χ0) is 49.7. The molecule has 3 heteroatoms. The van der Waals surface area contributed by atoms with Gasteiger partial charge in [0.15, 0.2) is 0 Å². The fourth-order valence-corrected chi connectivity index (χ4v) is 11.5. The minimum Gasteiger partial charge on any atom is -0.311 e. The fraction of sp³-hybridized carbons (Fsp3) is 0.0417. The minimum atomic E-state index is 0.832. The molecular formula is C72H51N3. The molecule has 0 bridgehead atoms.